The van der Waals surface area contributed by atoms with Crippen molar-refractivity contribution in [3.8, 4) is 0 Å². The van der Waals surface area contributed by atoms with Crippen LogP contribution in [0.15, 0.2) is 0 Å². The summed E-state index contributed by atoms with van der Waals surface area (Å²) in [6.45, 7) is 8.56. The van der Waals surface area contributed by atoms with E-state index in [0.29, 0.717) is 0 Å². The van der Waals surface area contributed by atoms with Gasteiger partial charge in [-0.1, -0.05) is 27.7 Å². The van der Waals surface area contributed by atoms with Crippen LogP contribution in [-0.4, -0.2) is 19.3 Å². The summed E-state index contributed by atoms with van der Waals surface area (Å²) < 4.78 is 5.42. The standard InChI is InChI=1S/C9H22N2O/c1-6-7(11-10)8(12-5)9(2,3)4/h7-8,11H,6,10H2,1-5H3. The van der Waals surface area contributed by atoms with Gasteiger partial charge in [-0.25, -0.2) is 0 Å². The summed E-state index contributed by atoms with van der Waals surface area (Å²) in [5.74, 6) is 5.43. The lowest BCUT2D eigenvalue weighted by atomic mass is 9.84. The second kappa shape index (κ2) is 4.80. The van der Waals surface area contributed by atoms with Crippen LogP contribution in [0.3, 0.4) is 0 Å². The third-order valence-electron chi connectivity index (χ3n) is 2.13. The van der Waals surface area contributed by atoms with Crippen LogP contribution in [-0.2, 0) is 4.74 Å². The van der Waals surface area contributed by atoms with E-state index >= 15 is 0 Å². The third-order valence-corrected chi connectivity index (χ3v) is 2.13. The van der Waals surface area contributed by atoms with Gasteiger partial charge in [0.25, 0.3) is 0 Å². The molecule has 3 N–H and O–H groups in total. The molecule has 0 heterocycles. The first-order chi connectivity index (χ1) is 5.47. The van der Waals surface area contributed by atoms with Crippen molar-refractivity contribution in [3.63, 3.8) is 0 Å². The van der Waals surface area contributed by atoms with Crippen molar-refractivity contribution in [3.05, 3.63) is 0 Å². The van der Waals surface area contributed by atoms with Crippen LogP contribution >= 0.6 is 0 Å². The van der Waals surface area contributed by atoms with E-state index in [9.17, 15) is 0 Å². The van der Waals surface area contributed by atoms with Crippen molar-refractivity contribution in [2.24, 2.45) is 11.3 Å². The largest absolute Gasteiger partial charge is 0.379 e. The maximum absolute atomic E-state index is 5.43. The minimum absolute atomic E-state index is 0.127. The van der Waals surface area contributed by atoms with Crippen LogP contribution in [0, 0.1) is 5.41 Å². The lowest BCUT2D eigenvalue weighted by Gasteiger charge is -2.35. The van der Waals surface area contributed by atoms with Gasteiger partial charge >= 0.3 is 0 Å². The number of methoxy groups -OCH3 is 1. The summed E-state index contributed by atoms with van der Waals surface area (Å²) in [5.41, 5.74) is 2.91. The summed E-state index contributed by atoms with van der Waals surface area (Å²) >= 11 is 0. The van der Waals surface area contributed by atoms with Crippen LogP contribution in [0.25, 0.3) is 0 Å². The molecule has 2 unspecified atom stereocenters. The summed E-state index contributed by atoms with van der Waals surface area (Å²) in [6, 6.07) is 0.231. The molecule has 0 aliphatic carbocycles. The molecule has 0 amide bonds. The fourth-order valence-electron chi connectivity index (χ4n) is 1.54. The number of ether oxygens (including phenoxy) is 1. The Balaban J connectivity index is 4.31. The van der Waals surface area contributed by atoms with Crippen molar-refractivity contribution >= 4 is 0 Å². The Bertz CT molecular complexity index is 116. The molecule has 0 aliphatic rings. The van der Waals surface area contributed by atoms with Crippen molar-refractivity contribution in [1.82, 2.24) is 5.43 Å². The summed E-state index contributed by atoms with van der Waals surface area (Å²) in [7, 11) is 1.73. The lowest BCUT2D eigenvalue weighted by molar-refractivity contribution is -0.0120. The highest BCUT2D eigenvalue weighted by molar-refractivity contribution is 4.83. The first-order valence-electron chi connectivity index (χ1n) is 4.46. The van der Waals surface area contributed by atoms with Crippen LogP contribution < -0.4 is 11.3 Å². The molecular weight excluding hydrogens is 152 g/mol. The van der Waals surface area contributed by atoms with Gasteiger partial charge in [0.2, 0.25) is 0 Å². The molecule has 0 spiro atoms. The zero-order chi connectivity index (χ0) is 9.78. The van der Waals surface area contributed by atoms with E-state index in [4.69, 9.17) is 10.6 Å². The Morgan fingerprint density at radius 1 is 1.42 bits per heavy atom. The zero-order valence-corrected chi connectivity index (χ0v) is 8.85. The number of rotatable bonds is 4. The van der Waals surface area contributed by atoms with Gasteiger partial charge in [-0.3, -0.25) is 11.3 Å². The Kier molecular flexibility index (Phi) is 4.75. The highest BCUT2D eigenvalue weighted by Gasteiger charge is 2.30. The van der Waals surface area contributed by atoms with E-state index in [1.165, 1.54) is 0 Å². The molecule has 0 aromatic carbocycles. The summed E-state index contributed by atoms with van der Waals surface area (Å²) in [5, 5.41) is 0. The van der Waals surface area contributed by atoms with Crippen molar-refractivity contribution < 1.29 is 4.74 Å². The van der Waals surface area contributed by atoms with Crippen LogP contribution in [0.4, 0.5) is 0 Å². The molecule has 0 aliphatic heterocycles. The second-order valence-electron chi connectivity index (χ2n) is 4.20. The smallest absolute Gasteiger partial charge is 0.0785 e. The quantitative estimate of drug-likeness (QED) is 0.498. The summed E-state index contributed by atoms with van der Waals surface area (Å²) in [6.07, 6.45) is 1.14. The van der Waals surface area contributed by atoms with Gasteiger partial charge < -0.3 is 4.74 Å². The number of hydrogen-bond donors (Lipinski definition) is 2. The molecule has 0 saturated heterocycles. The molecule has 3 heteroatoms. The van der Waals surface area contributed by atoms with E-state index in [-0.39, 0.29) is 17.6 Å². The van der Waals surface area contributed by atoms with Gasteiger partial charge in [-0.05, 0) is 11.8 Å². The lowest BCUT2D eigenvalue weighted by Crippen LogP contribution is -2.50. The number of nitrogens with one attached hydrogen (secondary N) is 1. The second-order valence-corrected chi connectivity index (χ2v) is 4.20. The molecule has 0 radical (unpaired) electrons. The van der Waals surface area contributed by atoms with Crippen molar-refractivity contribution in [1.29, 1.82) is 0 Å². The molecule has 0 saturated carbocycles. The van der Waals surface area contributed by atoms with Gasteiger partial charge in [0.05, 0.1) is 6.10 Å². The number of nitrogens with two attached hydrogens (primary N) is 1. The molecule has 0 aromatic rings. The average molecular weight is 174 g/mol. The molecule has 74 valence electrons. The first-order valence-corrected chi connectivity index (χ1v) is 4.46. The summed E-state index contributed by atoms with van der Waals surface area (Å²) in [4.78, 5) is 0. The Morgan fingerprint density at radius 2 is 1.92 bits per heavy atom. The molecule has 0 rings (SSSR count). The fraction of sp³-hybridized carbons (Fsp3) is 1.00. The molecule has 12 heavy (non-hydrogen) atoms. The van der Waals surface area contributed by atoms with Crippen LogP contribution in [0.5, 0.6) is 0 Å². The highest BCUT2D eigenvalue weighted by Crippen LogP contribution is 2.25. The van der Waals surface area contributed by atoms with Gasteiger partial charge in [0, 0.05) is 13.2 Å². The Hall–Kier alpha value is -0.120. The van der Waals surface area contributed by atoms with E-state index in [1.54, 1.807) is 7.11 Å². The molecular formula is C9H22N2O. The van der Waals surface area contributed by atoms with Crippen molar-refractivity contribution in [2.45, 2.75) is 46.3 Å². The predicted molar refractivity (Wildman–Crippen MR) is 51.7 cm³/mol. The Morgan fingerprint density at radius 3 is 2.00 bits per heavy atom. The number of hydrogen-bond acceptors (Lipinski definition) is 3. The van der Waals surface area contributed by atoms with E-state index in [0.717, 1.165) is 6.42 Å². The molecule has 0 fully saturated rings. The predicted octanol–water partition coefficient (Wildman–Crippen LogP) is 1.29. The van der Waals surface area contributed by atoms with Gasteiger partial charge in [-0.2, -0.15) is 0 Å². The maximum Gasteiger partial charge on any atom is 0.0785 e. The van der Waals surface area contributed by atoms with Crippen LogP contribution in [0.1, 0.15) is 34.1 Å². The van der Waals surface area contributed by atoms with Gasteiger partial charge in [-0.15, -0.1) is 0 Å². The number of hydrazine groups is 1. The fourth-order valence-corrected chi connectivity index (χ4v) is 1.54. The normalized spacial score (nSPS) is 17.5. The topological polar surface area (TPSA) is 47.3 Å². The molecule has 3 nitrogen and oxygen atoms in total. The van der Waals surface area contributed by atoms with E-state index in [1.807, 2.05) is 0 Å². The maximum atomic E-state index is 5.43. The SMILES string of the molecule is CCC(NN)C(OC)C(C)(C)C. The van der Waals surface area contributed by atoms with E-state index in [2.05, 4.69) is 33.1 Å². The third kappa shape index (κ3) is 3.09. The highest BCUT2D eigenvalue weighted by atomic mass is 16.5. The average Bonchev–Trinajstić information content (AvgIpc) is 1.97. The van der Waals surface area contributed by atoms with Crippen LogP contribution in [0.2, 0.25) is 0 Å². The first kappa shape index (κ1) is 11.9. The minimum atomic E-state index is 0.127. The van der Waals surface area contributed by atoms with Crippen molar-refractivity contribution in [2.75, 3.05) is 7.11 Å². The Labute approximate surface area is 75.6 Å². The molecule has 2 atom stereocenters. The minimum Gasteiger partial charge on any atom is -0.379 e. The van der Waals surface area contributed by atoms with E-state index < -0.39 is 0 Å². The zero-order valence-electron chi connectivity index (χ0n) is 8.85. The molecule has 0 bridgehead atoms. The van der Waals surface area contributed by atoms with Gasteiger partial charge in [0.1, 0.15) is 0 Å². The van der Waals surface area contributed by atoms with Gasteiger partial charge in [0.15, 0.2) is 0 Å². The molecule has 0 aromatic heterocycles. The monoisotopic (exact) mass is 174 g/mol.